The third-order valence-corrected chi connectivity index (χ3v) is 2.75. The minimum atomic E-state index is -0.372. The molecule has 0 unspecified atom stereocenters. The van der Waals surface area contributed by atoms with E-state index in [9.17, 15) is 9.59 Å². The number of hydrogen-bond donors (Lipinski definition) is 2. The molecular formula is C12H15BrN2O3. The summed E-state index contributed by atoms with van der Waals surface area (Å²) in [5, 5.41) is 5.26. The first kappa shape index (κ1) is 14.5. The number of rotatable bonds is 4. The molecule has 0 spiro atoms. The van der Waals surface area contributed by atoms with E-state index in [2.05, 4.69) is 31.3 Å². The lowest BCUT2D eigenvalue weighted by Crippen LogP contribution is -2.35. The predicted molar refractivity (Wildman–Crippen MR) is 72.3 cm³/mol. The van der Waals surface area contributed by atoms with Crippen LogP contribution in [0.4, 0.5) is 10.5 Å². The van der Waals surface area contributed by atoms with Gasteiger partial charge < -0.3 is 15.4 Å². The summed E-state index contributed by atoms with van der Waals surface area (Å²) < 4.78 is 5.44. The third kappa shape index (κ3) is 4.75. The highest BCUT2D eigenvalue weighted by Gasteiger charge is 2.13. The molecule has 0 saturated heterocycles. The van der Waals surface area contributed by atoms with Crippen LogP contribution in [0.5, 0.6) is 0 Å². The van der Waals surface area contributed by atoms with Crippen molar-refractivity contribution in [3.63, 3.8) is 0 Å². The fraction of sp³-hybridized carbons (Fsp3) is 0.333. The van der Waals surface area contributed by atoms with Crippen molar-refractivity contribution in [2.24, 2.45) is 5.92 Å². The fourth-order valence-electron chi connectivity index (χ4n) is 1.27. The van der Waals surface area contributed by atoms with Crippen LogP contribution in [0.1, 0.15) is 6.92 Å². The SMILES string of the molecule is COC(=O)[C@H](C)CNC(=O)Nc1cccc(Br)c1. The second-order valence-electron chi connectivity index (χ2n) is 3.77. The van der Waals surface area contributed by atoms with Crippen molar-refractivity contribution in [1.29, 1.82) is 0 Å². The minimum Gasteiger partial charge on any atom is -0.469 e. The molecule has 0 fully saturated rings. The summed E-state index contributed by atoms with van der Waals surface area (Å²) in [7, 11) is 1.32. The Hall–Kier alpha value is -1.56. The predicted octanol–water partition coefficient (Wildman–Crippen LogP) is 2.38. The van der Waals surface area contributed by atoms with E-state index >= 15 is 0 Å². The first-order valence-electron chi connectivity index (χ1n) is 5.41. The van der Waals surface area contributed by atoms with Crippen molar-refractivity contribution >= 4 is 33.6 Å². The second kappa shape index (κ2) is 7.00. The highest BCUT2D eigenvalue weighted by molar-refractivity contribution is 9.10. The summed E-state index contributed by atoms with van der Waals surface area (Å²) in [5.41, 5.74) is 0.674. The standard InChI is InChI=1S/C12H15BrN2O3/c1-8(11(16)18-2)7-14-12(17)15-10-5-3-4-9(13)6-10/h3-6,8H,7H2,1-2H3,(H2,14,15,17)/t8-/m1/s1. The molecule has 0 aromatic heterocycles. The van der Waals surface area contributed by atoms with Gasteiger partial charge in [-0.25, -0.2) is 4.79 Å². The molecule has 1 rings (SSSR count). The summed E-state index contributed by atoms with van der Waals surface area (Å²) in [6.07, 6.45) is 0. The number of carbonyl (C=O) groups excluding carboxylic acids is 2. The molecule has 0 bridgehead atoms. The van der Waals surface area contributed by atoms with Gasteiger partial charge in [-0.2, -0.15) is 0 Å². The van der Waals surface area contributed by atoms with E-state index in [1.165, 1.54) is 7.11 Å². The molecular weight excluding hydrogens is 300 g/mol. The van der Waals surface area contributed by atoms with E-state index in [0.717, 1.165) is 4.47 Å². The van der Waals surface area contributed by atoms with Crippen molar-refractivity contribution < 1.29 is 14.3 Å². The number of ether oxygens (including phenoxy) is 1. The Morgan fingerprint density at radius 3 is 2.78 bits per heavy atom. The molecule has 98 valence electrons. The van der Waals surface area contributed by atoms with Crippen molar-refractivity contribution in [3.8, 4) is 0 Å². The Morgan fingerprint density at radius 1 is 1.44 bits per heavy atom. The van der Waals surface area contributed by atoms with Crippen LogP contribution in [0.2, 0.25) is 0 Å². The fourth-order valence-corrected chi connectivity index (χ4v) is 1.67. The smallest absolute Gasteiger partial charge is 0.319 e. The Kier molecular flexibility index (Phi) is 5.64. The number of amides is 2. The Morgan fingerprint density at radius 2 is 2.17 bits per heavy atom. The minimum absolute atomic E-state index is 0.229. The summed E-state index contributed by atoms with van der Waals surface area (Å²) in [6.45, 7) is 1.91. The molecule has 0 saturated carbocycles. The number of urea groups is 1. The summed E-state index contributed by atoms with van der Waals surface area (Å²) >= 11 is 3.31. The van der Waals surface area contributed by atoms with Crippen LogP contribution in [0.3, 0.4) is 0 Å². The molecule has 18 heavy (non-hydrogen) atoms. The highest BCUT2D eigenvalue weighted by atomic mass is 79.9. The molecule has 1 aromatic rings. The first-order valence-corrected chi connectivity index (χ1v) is 6.20. The molecule has 2 N–H and O–H groups in total. The zero-order valence-electron chi connectivity index (χ0n) is 10.2. The van der Waals surface area contributed by atoms with Gasteiger partial charge >= 0.3 is 12.0 Å². The van der Waals surface area contributed by atoms with Crippen LogP contribution in [-0.2, 0) is 9.53 Å². The number of anilines is 1. The molecule has 0 aliphatic heterocycles. The van der Waals surface area contributed by atoms with E-state index in [1.54, 1.807) is 19.1 Å². The van der Waals surface area contributed by atoms with Gasteiger partial charge in [-0.05, 0) is 18.2 Å². The summed E-state index contributed by atoms with van der Waals surface area (Å²) in [6, 6.07) is 6.88. The topological polar surface area (TPSA) is 67.4 Å². The van der Waals surface area contributed by atoms with Gasteiger partial charge in [-0.3, -0.25) is 4.79 Å². The number of esters is 1. The lowest BCUT2D eigenvalue weighted by atomic mass is 10.2. The van der Waals surface area contributed by atoms with Crippen molar-refractivity contribution in [1.82, 2.24) is 5.32 Å². The third-order valence-electron chi connectivity index (χ3n) is 2.25. The molecule has 1 atom stereocenters. The Labute approximate surface area is 114 Å². The zero-order valence-corrected chi connectivity index (χ0v) is 11.8. The molecule has 2 amide bonds. The van der Waals surface area contributed by atoms with Gasteiger partial charge in [0.15, 0.2) is 0 Å². The van der Waals surface area contributed by atoms with Gasteiger partial charge in [0, 0.05) is 16.7 Å². The van der Waals surface area contributed by atoms with E-state index in [1.807, 2.05) is 12.1 Å². The number of nitrogens with one attached hydrogen (secondary N) is 2. The lowest BCUT2D eigenvalue weighted by Gasteiger charge is -2.11. The summed E-state index contributed by atoms with van der Waals surface area (Å²) in [5.74, 6) is -0.721. The lowest BCUT2D eigenvalue weighted by molar-refractivity contribution is -0.144. The largest absolute Gasteiger partial charge is 0.469 e. The van der Waals surface area contributed by atoms with E-state index < -0.39 is 0 Å². The van der Waals surface area contributed by atoms with Crippen LogP contribution in [0.25, 0.3) is 0 Å². The van der Waals surface area contributed by atoms with Gasteiger partial charge in [0.05, 0.1) is 13.0 Å². The molecule has 5 nitrogen and oxygen atoms in total. The van der Waals surface area contributed by atoms with Crippen molar-refractivity contribution in [2.75, 3.05) is 19.0 Å². The van der Waals surface area contributed by atoms with E-state index in [-0.39, 0.29) is 24.5 Å². The van der Waals surface area contributed by atoms with Crippen LogP contribution in [0.15, 0.2) is 28.7 Å². The average Bonchev–Trinajstić information content (AvgIpc) is 2.35. The normalized spacial score (nSPS) is 11.5. The molecule has 6 heteroatoms. The summed E-state index contributed by atoms with van der Waals surface area (Å²) in [4.78, 5) is 22.7. The van der Waals surface area contributed by atoms with Crippen molar-refractivity contribution in [3.05, 3.63) is 28.7 Å². The zero-order chi connectivity index (χ0) is 13.5. The maximum absolute atomic E-state index is 11.5. The van der Waals surface area contributed by atoms with Crippen LogP contribution in [0, 0.1) is 5.92 Å². The van der Waals surface area contributed by atoms with Crippen LogP contribution >= 0.6 is 15.9 Å². The number of methoxy groups -OCH3 is 1. The van der Waals surface area contributed by atoms with Gasteiger partial charge in [-0.15, -0.1) is 0 Å². The number of hydrogen-bond acceptors (Lipinski definition) is 3. The van der Waals surface area contributed by atoms with E-state index in [4.69, 9.17) is 0 Å². The first-order chi connectivity index (χ1) is 8.52. The van der Waals surface area contributed by atoms with Crippen molar-refractivity contribution in [2.45, 2.75) is 6.92 Å². The van der Waals surface area contributed by atoms with Gasteiger partial charge in [-0.1, -0.05) is 28.9 Å². The Balaban J connectivity index is 2.41. The average molecular weight is 315 g/mol. The van der Waals surface area contributed by atoms with Crippen LogP contribution < -0.4 is 10.6 Å². The molecule has 0 aliphatic carbocycles. The monoisotopic (exact) mass is 314 g/mol. The molecule has 0 heterocycles. The number of halogens is 1. The maximum atomic E-state index is 11.5. The Bertz CT molecular complexity index is 437. The highest BCUT2D eigenvalue weighted by Crippen LogP contribution is 2.15. The van der Waals surface area contributed by atoms with Crippen LogP contribution in [-0.4, -0.2) is 25.7 Å². The van der Waals surface area contributed by atoms with E-state index in [0.29, 0.717) is 5.69 Å². The second-order valence-corrected chi connectivity index (χ2v) is 4.69. The number of carbonyl (C=O) groups is 2. The quantitative estimate of drug-likeness (QED) is 0.838. The van der Waals surface area contributed by atoms with Gasteiger partial charge in [0.25, 0.3) is 0 Å². The number of benzene rings is 1. The van der Waals surface area contributed by atoms with Gasteiger partial charge in [0.1, 0.15) is 0 Å². The molecule has 0 aliphatic rings. The molecule has 1 aromatic carbocycles. The molecule has 0 radical (unpaired) electrons. The van der Waals surface area contributed by atoms with Gasteiger partial charge in [0.2, 0.25) is 0 Å². The maximum Gasteiger partial charge on any atom is 0.319 e.